The van der Waals surface area contributed by atoms with Crippen LogP contribution in [-0.4, -0.2) is 11.9 Å². The maximum Gasteiger partial charge on any atom is 2.00 e. The number of carboxylic acid groups (broad SMARTS) is 2. The Morgan fingerprint density at radius 2 is 0.882 bits per heavy atom. The van der Waals surface area contributed by atoms with Gasteiger partial charge >= 0.3 is 19.5 Å². The predicted molar refractivity (Wildman–Crippen MR) is 58.1 cm³/mol. The first-order chi connectivity index (χ1) is 7.46. The maximum atomic E-state index is 8.89. The van der Waals surface area contributed by atoms with Gasteiger partial charge in [-0.05, 0) is 39.5 Å². The van der Waals surface area contributed by atoms with Gasteiger partial charge in [0.2, 0.25) is 0 Å². The molecule has 0 N–H and O–H groups in total. The van der Waals surface area contributed by atoms with Gasteiger partial charge in [0.25, 0.3) is 0 Å². The first kappa shape index (κ1) is 21.3. The van der Waals surface area contributed by atoms with Crippen LogP contribution in [0.2, 0.25) is 0 Å². The van der Waals surface area contributed by atoms with Crippen LogP contribution in [-0.2, 0) is 29.1 Å². The molecule has 4 nitrogen and oxygen atoms in total. The number of hydrogen-bond donors (Lipinski definition) is 0. The molecule has 0 aliphatic heterocycles. The molecule has 0 fully saturated rings. The van der Waals surface area contributed by atoms with E-state index in [1.54, 1.807) is 0 Å². The average Bonchev–Trinajstić information content (AvgIpc) is 1.98. The Bertz CT molecular complexity index is 201. The van der Waals surface area contributed by atoms with Gasteiger partial charge in [0, 0.05) is 11.9 Å². The van der Waals surface area contributed by atoms with E-state index in [1.807, 2.05) is 0 Å². The van der Waals surface area contributed by atoms with Crippen LogP contribution in [0.1, 0.15) is 39.5 Å². The molecule has 0 unspecified atom stereocenters. The third kappa shape index (κ3) is 51.6. The molecule has 1 radical (unpaired) electrons. The van der Waals surface area contributed by atoms with Crippen LogP contribution in [0.15, 0.2) is 24.3 Å². The van der Waals surface area contributed by atoms with Crippen molar-refractivity contribution in [3.8, 4) is 0 Å². The SMILES string of the molecule is C1=CCCC=CCC1.CC(=O)[O-].CC(=O)[O-].[Rh+2]. The van der Waals surface area contributed by atoms with E-state index in [9.17, 15) is 0 Å². The van der Waals surface area contributed by atoms with Crippen molar-refractivity contribution in [3.63, 3.8) is 0 Å². The summed E-state index contributed by atoms with van der Waals surface area (Å²) in [7, 11) is 0. The number of allylic oxidation sites excluding steroid dienone is 4. The van der Waals surface area contributed by atoms with E-state index < -0.39 is 11.9 Å². The molecule has 99 valence electrons. The van der Waals surface area contributed by atoms with Crippen molar-refractivity contribution >= 4 is 11.9 Å². The Labute approximate surface area is 115 Å². The molecule has 0 aromatic rings. The molecule has 0 spiro atoms. The fourth-order valence-corrected chi connectivity index (χ4v) is 0.856. The fraction of sp³-hybridized carbons (Fsp3) is 0.500. The second-order valence-electron chi connectivity index (χ2n) is 3.08. The number of carboxylic acids is 2. The van der Waals surface area contributed by atoms with E-state index >= 15 is 0 Å². The van der Waals surface area contributed by atoms with E-state index in [0.717, 1.165) is 13.8 Å². The molecular formula is C12H18O4Rh. The third-order valence-corrected chi connectivity index (χ3v) is 1.33. The smallest absolute Gasteiger partial charge is 0.550 e. The Balaban J connectivity index is -0.000000189. The molecule has 17 heavy (non-hydrogen) atoms. The molecule has 5 heteroatoms. The van der Waals surface area contributed by atoms with Crippen LogP contribution >= 0.6 is 0 Å². The molecule has 0 saturated carbocycles. The van der Waals surface area contributed by atoms with Gasteiger partial charge in [-0.1, -0.05) is 24.3 Å². The van der Waals surface area contributed by atoms with Gasteiger partial charge in [-0.15, -0.1) is 0 Å². The topological polar surface area (TPSA) is 80.3 Å². The molecule has 1 aliphatic rings. The molecule has 0 aromatic carbocycles. The number of aliphatic carboxylic acids is 2. The van der Waals surface area contributed by atoms with Gasteiger partial charge in [-0.2, -0.15) is 0 Å². The Hall–Kier alpha value is -0.957. The molecule has 1 rings (SSSR count). The van der Waals surface area contributed by atoms with Crippen molar-refractivity contribution in [2.45, 2.75) is 39.5 Å². The summed E-state index contributed by atoms with van der Waals surface area (Å²) in [6, 6.07) is 0. The summed E-state index contributed by atoms with van der Waals surface area (Å²) in [5.41, 5.74) is 0. The second-order valence-corrected chi connectivity index (χ2v) is 3.08. The normalized spacial score (nSPS) is 12.4. The van der Waals surface area contributed by atoms with Crippen LogP contribution in [0, 0.1) is 0 Å². The minimum absolute atomic E-state index is 0. The average molecular weight is 329 g/mol. The van der Waals surface area contributed by atoms with Crippen LogP contribution < -0.4 is 10.2 Å². The van der Waals surface area contributed by atoms with Crippen LogP contribution in [0.4, 0.5) is 0 Å². The Morgan fingerprint density at radius 1 is 0.765 bits per heavy atom. The summed E-state index contributed by atoms with van der Waals surface area (Å²) in [6.45, 7) is 1.94. The van der Waals surface area contributed by atoms with Gasteiger partial charge in [0.05, 0.1) is 0 Å². The number of hydrogen-bond acceptors (Lipinski definition) is 4. The van der Waals surface area contributed by atoms with Crippen molar-refractivity contribution in [2.75, 3.05) is 0 Å². The molecule has 0 heterocycles. The number of carbonyl (C=O) groups excluding carboxylic acids is 2. The van der Waals surface area contributed by atoms with Gasteiger partial charge in [-0.3, -0.25) is 0 Å². The van der Waals surface area contributed by atoms with Crippen molar-refractivity contribution in [2.24, 2.45) is 0 Å². The van der Waals surface area contributed by atoms with Crippen molar-refractivity contribution in [1.29, 1.82) is 0 Å². The van der Waals surface area contributed by atoms with Gasteiger partial charge < -0.3 is 19.8 Å². The predicted octanol–water partition coefficient (Wildman–Crippen LogP) is 0.183. The second kappa shape index (κ2) is 17.4. The number of rotatable bonds is 0. The summed E-state index contributed by atoms with van der Waals surface area (Å²) < 4.78 is 0. The molecule has 0 amide bonds. The summed E-state index contributed by atoms with van der Waals surface area (Å²) in [4.78, 5) is 17.8. The fourth-order valence-electron chi connectivity index (χ4n) is 0.856. The van der Waals surface area contributed by atoms with E-state index in [1.165, 1.54) is 25.7 Å². The van der Waals surface area contributed by atoms with Crippen LogP contribution in [0.5, 0.6) is 0 Å². The van der Waals surface area contributed by atoms with E-state index in [4.69, 9.17) is 19.8 Å². The molecule has 0 atom stereocenters. The van der Waals surface area contributed by atoms with E-state index in [-0.39, 0.29) is 19.5 Å². The van der Waals surface area contributed by atoms with Crippen LogP contribution in [0.25, 0.3) is 0 Å². The molecule has 0 bridgehead atoms. The third-order valence-electron chi connectivity index (χ3n) is 1.33. The van der Waals surface area contributed by atoms with E-state index in [0.29, 0.717) is 0 Å². The maximum absolute atomic E-state index is 8.89. The van der Waals surface area contributed by atoms with Crippen molar-refractivity contribution < 1.29 is 39.3 Å². The zero-order valence-corrected chi connectivity index (χ0v) is 11.7. The Kier molecular flexibility index (Phi) is 21.9. The molecule has 1 aliphatic carbocycles. The molecule has 0 aromatic heterocycles. The minimum Gasteiger partial charge on any atom is -0.550 e. The Morgan fingerprint density at radius 3 is 1.00 bits per heavy atom. The zero-order valence-electron chi connectivity index (χ0n) is 10.1. The van der Waals surface area contributed by atoms with Gasteiger partial charge in [-0.25, -0.2) is 0 Å². The zero-order chi connectivity index (χ0) is 12.8. The summed E-state index contributed by atoms with van der Waals surface area (Å²) >= 11 is 0. The van der Waals surface area contributed by atoms with E-state index in [2.05, 4.69) is 24.3 Å². The van der Waals surface area contributed by atoms with Crippen molar-refractivity contribution in [1.82, 2.24) is 0 Å². The largest absolute Gasteiger partial charge is 2.00 e. The number of carbonyl (C=O) groups is 2. The summed E-state index contributed by atoms with van der Waals surface area (Å²) in [5.74, 6) is -2.17. The quantitative estimate of drug-likeness (QED) is 0.469. The van der Waals surface area contributed by atoms with Crippen LogP contribution in [0.3, 0.4) is 0 Å². The van der Waals surface area contributed by atoms with Crippen molar-refractivity contribution in [3.05, 3.63) is 24.3 Å². The van der Waals surface area contributed by atoms with Gasteiger partial charge in [0.1, 0.15) is 0 Å². The van der Waals surface area contributed by atoms with Gasteiger partial charge in [0.15, 0.2) is 0 Å². The minimum atomic E-state index is -1.08. The molecular weight excluding hydrogens is 311 g/mol. The monoisotopic (exact) mass is 329 g/mol. The first-order valence-electron chi connectivity index (χ1n) is 5.12. The standard InChI is InChI=1S/C8H12.2C2H4O2.Rh/c1-2-4-6-8-7-5-3-1;2*1-2(3)4;/h1-2,7-8H,3-6H2;2*1H3,(H,3,4);/q;;;+2/p-2. The molecule has 0 saturated heterocycles. The first-order valence-corrected chi connectivity index (χ1v) is 5.12. The summed E-state index contributed by atoms with van der Waals surface area (Å²) in [6.07, 6.45) is 14.0. The summed E-state index contributed by atoms with van der Waals surface area (Å²) in [5, 5.41) is 17.8.